The summed E-state index contributed by atoms with van der Waals surface area (Å²) in [5.74, 6) is -4.86. The van der Waals surface area contributed by atoms with E-state index in [2.05, 4.69) is 20.9 Å². The minimum absolute atomic E-state index is 0.0138. The van der Waals surface area contributed by atoms with Crippen LogP contribution in [0.3, 0.4) is 0 Å². The van der Waals surface area contributed by atoms with Gasteiger partial charge in [-0.05, 0) is 49.9 Å². The quantitative estimate of drug-likeness (QED) is 0.0443. The molecule has 0 aromatic heterocycles. The second-order valence-electron chi connectivity index (χ2n) is 9.40. The third-order valence-electron chi connectivity index (χ3n) is 5.91. The van der Waals surface area contributed by atoms with Gasteiger partial charge in [0.25, 0.3) is 0 Å². The smallest absolute Gasteiger partial charge is 0.326 e. The Balaban J connectivity index is 3.11. The summed E-state index contributed by atoms with van der Waals surface area (Å²) >= 11 is 0. The molecule has 0 heterocycles. The molecule has 1 aromatic rings. The molecule has 0 saturated carbocycles. The van der Waals surface area contributed by atoms with E-state index in [4.69, 9.17) is 28.7 Å². The maximum absolute atomic E-state index is 13.2. The zero-order valence-corrected chi connectivity index (χ0v) is 22.8. The Morgan fingerprint density at radius 2 is 1.39 bits per heavy atom. The average molecular weight is 580 g/mol. The molecular formula is C25H41N9O7. The number of aromatic hydroxyl groups is 1. The van der Waals surface area contributed by atoms with E-state index in [-0.39, 0.29) is 37.5 Å². The fourth-order valence-corrected chi connectivity index (χ4v) is 3.71. The maximum Gasteiger partial charge on any atom is 0.326 e. The Morgan fingerprint density at radius 3 is 1.95 bits per heavy atom. The largest absolute Gasteiger partial charge is 0.508 e. The van der Waals surface area contributed by atoms with E-state index in [0.29, 0.717) is 31.4 Å². The minimum atomic E-state index is -1.45. The molecule has 0 aliphatic rings. The van der Waals surface area contributed by atoms with Gasteiger partial charge < -0.3 is 54.8 Å². The number of phenolic OH excluding ortho intramolecular Hbond substituents is 1. The molecule has 0 fully saturated rings. The topological polar surface area (TPSA) is 304 Å². The fourth-order valence-electron chi connectivity index (χ4n) is 3.71. The summed E-state index contributed by atoms with van der Waals surface area (Å²) in [6.07, 6.45) is 1.04. The molecule has 0 radical (unpaired) electrons. The van der Waals surface area contributed by atoms with Gasteiger partial charge in [0.1, 0.15) is 23.9 Å². The highest BCUT2D eigenvalue weighted by molar-refractivity contribution is 5.96. The molecule has 4 amide bonds. The van der Waals surface area contributed by atoms with E-state index >= 15 is 0 Å². The first-order chi connectivity index (χ1) is 19.3. The van der Waals surface area contributed by atoms with Gasteiger partial charge in [0.05, 0.1) is 12.5 Å². The molecular weight excluding hydrogens is 538 g/mol. The number of unbranched alkanes of at least 4 members (excludes halogenated alkanes) is 1. The minimum Gasteiger partial charge on any atom is -0.508 e. The first-order valence-corrected chi connectivity index (χ1v) is 13.0. The predicted molar refractivity (Wildman–Crippen MR) is 150 cm³/mol. The van der Waals surface area contributed by atoms with Crippen LogP contribution in [0.15, 0.2) is 29.3 Å². The molecule has 15 N–H and O–H groups in total. The van der Waals surface area contributed by atoms with Gasteiger partial charge in [-0.15, -0.1) is 0 Å². The van der Waals surface area contributed by atoms with Crippen molar-refractivity contribution in [3.8, 4) is 5.75 Å². The molecule has 1 aromatic carbocycles. The van der Waals surface area contributed by atoms with Crippen LogP contribution in [-0.4, -0.2) is 83.0 Å². The van der Waals surface area contributed by atoms with Gasteiger partial charge in [0.2, 0.25) is 23.6 Å². The van der Waals surface area contributed by atoms with Crippen LogP contribution in [0.1, 0.15) is 44.1 Å². The second kappa shape index (κ2) is 18.0. The molecule has 0 spiro atoms. The van der Waals surface area contributed by atoms with Crippen LogP contribution in [0.2, 0.25) is 0 Å². The Bertz CT molecular complexity index is 1060. The number of rotatable bonds is 19. The Labute approximate surface area is 237 Å². The number of primary amides is 1. The molecule has 4 unspecified atom stereocenters. The molecule has 1 rings (SSSR count). The summed E-state index contributed by atoms with van der Waals surface area (Å²) in [5.41, 5.74) is 27.7. The SMILES string of the molecule is NCCCCC(N)C(=O)NC(CC(N)=O)C(=O)NC(Cc1ccc(O)cc1)C(=O)NC(CCCN=C(N)N)C(=O)O. The fraction of sp³-hybridized carbons (Fsp3) is 0.520. The first kappa shape index (κ1) is 34.6. The van der Waals surface area contributed by atoms with Crippen molar-refractivity contribution in [3.05, 3.63) is 29.8 Å². The molecule has 41 heavy (non-hydrogen) atoms. The van der Waals surface area contributed by atoms with Gasteiger partial charge in [-0.3, -0.25) is 24.2 Å². The Kier molecular flexibility index (Phi) is 15.2. The summed E-state index contributed by atoms with van der Waals surface area (Å²) in [6.45, 7) is 0.559. The number of carbonyl (C=O) groups is 5. The lowest BCUT2D eigenvalue weighted by molar-refractivity contribution is -0.142. The molecule has 16 nitrogen and oxygen atoms in total. The number of carbonyl (C=O) groups excluding carboxylic acids is 4. The van der Waals surface area contributed by atoms with Crippen LogP contribution in [0, 0.1) is 0 Å². The average Bonchev–Trinajstić information content (AvgIpc) is 2.90. The number of aliphatic imine (C=N–C) groups is 1. The summed E-state index contributed by atoms with van der Waals surface area (Å²) in [5, 5.41) is 26.4. The zero-order valence-electron chi connectivity index (χ0n) is 22.8. The van der Waals surface area contributed by atoms with Gasteiger partial charge in [0.15, 0.2) is 5.96 Å². The zero-order chi connectivity index (χ0) is 30.9. The van der Waals surface area contributed by atoms with Crippen molar-refractivity contribution in [2.75, 3.05) is 13.1 Å². The number of nitrogens with zero attached hydrogens (tertiary/aromatic N) is 1. The standard InChI is InChI=1S/C25H41N9O7/c26-10-2-1-4-16(27)21(37)33-19(13-20(28)36)23(39)34-18(12-14-6-8-15(35)9-7-14)22(38)32-17(24(40)41)5-3-11-31-25(29)30/h6-9,16-19,35H,1-5,10-13,26-27H2,(H2,28,36)(H,32,38)(H,33,37)(H,34,39)(H,40,41)(H4,29,30,31). The summed E-state index contributed by atoms with van der Waals surface area (Å²) in [4.78, 5) is 66.2. The summed E-state index contributed by atoms with van der Waals surface area (Å²) in [7, 11) is 0. The molecule has 0 aliphatic carbocycles. The molecule has 0 saturated heterocycles. The predicted octanol–water partition coefficient (Wildman–Crippen LogP) is -3.14. The highest BCUT2D eigenvalue weighted by Crippen LogP contribution is 2.12. The lowest BCUT2D eigenvalue weighted by atomic mass is 10.0. The Hall–Kier alpha value is -4.44. The maximum atomic E-state index is 13.2. The number of amides is 4. The van der Waals surface area contributed by atoms with E-state index in [9.17, 15) is 34.2 Å². The highest BCUT2D eigenvalue weighted by atomic mass is 16.4. The van der Waals surface area contributed by atoms with E-state index < -0.39 is 60.2 Å². The van der Waals surface area contributed by atoms with Crippen molar-refractivity contribution in [1.29, 1.82) is 0 Å². The molecule has 228 valence electrons. The number of aliphatic carboxylic acids is 1. The molecule has 16 heteroatoms. The monoisotopic (exact) mass is 579 g/mol. The van der Waals surface area contributed by atoms with Crippen LogP contribution in [0.4, 0.5) is 0 Å². The van der Waals surface area contributed by atoms with Crippen LogP contribution in [0.25, 0.3) is 0 Å². The molecule has 4 atom stereocenters. The van der Waals surface area contributed by atoms with Crippen molar-refractivity contribution in [2.45, 2.75) is 69.1 Å². The number of carboxylic acids is 1. The molecule has 0 bridgehead atoms. The van der Waals surface area contributed by atoms with E-state index in [1.165, 1.54) is 24.3 Å². The number of hydrogen-bond donors (Lipinski definition) is 10. The summed E-state index contributed by atoms with van der Waals surface area (Å²) in [6, 6.07) is 0.668. The van der Waals surface area contributed by atoms with Crippen molar-refractivity contribution in [1.82, 2.24) is 16.0 Å². The number of benzene rings is 1. The first-order valence-electron chi connectivity index (χ1n) is 13.0. The third kappa shape index (κ3) is 14.0. The number of nitrogens with two attached hydrogens (primary N) is 5. The lowest BCUT2D eigenvalue weighted by Gasteiger charge is -2.25. The third-order valence-corrected chi connectivity index (χ3v) is 5.91. The summed E-state index contributed by atoms with van der Waals surface area (Å²) < 4.78 is 0. The highest BCUT2D eigenvalue weighted by Gasteiger charge is 2.31. The van der Waals surface area contributed by atoms with Crippen LogP contribution >= 0.6 is 0 Å². The second-order valence-corrected chi connectivity index (χ2v) is 9.40. The van der Waals surface area contributed by atoms with Crippen LogP contribution in [-0.2, 0) is 30.4 Å². The van der Waals surface area contributed by atoms with Crippen LogP contribution < -0.4 is 44.6 Å². The molecule has 0 aliphatic heterocycles. The number of nitrogens with one attached hydrogen (secondary N) is 3. The van der Waals surface area contributed by atoms with E-state index in [1.54, 1.807) is 0 Å². The van der Waals surface area contributed by atoms with Crippen molar-refractivity contribution in [3.63, 3.8) is 0 Å². The lowest BCUT2D eigenvalue weighted by Crippen LogP contribution is -2.58. The Morgan fingerprint density at radius 1 is 0.805 bits per heavy atom. The van der Waals surface area contributed by atoms with E-state index in [0.717, 1.165) is 0 Å². The van der Waals surface area contributed by atoms with Gasteiger partial charge in [-0.1, -0.05) is 18.6 Å². The van der Waals surface area contributed by atoms with E-state index in [1.807, 2.05) is 0 Å². The van der Waals surface area contributed by atoms with Gasteiger partial charge in [-0.2, -0.15) is 0 Å². The van der Waals surface area contributed by atoms with Gasteiger partial charge in [0, 0.05) is 13.0 Å². The number of carboxylic acid groups (broad SMARTS) is 1. The van der Waals surface area contributed by atoms with Crippen molar-refractivity contribution in [2.24, 2.45) is 33.7 Å². The number of phenols is 1. The normalized spacial score (nSPS) is 13.6. The van der Waals surface area contributed by atoms with Crippen molar-refractivity contribution < 1.29 is 34.2 Å². The van der Waals surface area contributed by atoms with Gasteiger partial charge in [-0.25, -0.2) is 4.79 Å². The number of hydrogen-bond acceptors (Lipinski definition) is 9. The number of guanidine groups is 1. The van der Waals surface area contributed by atoms with Crippen molar-refractivity contribution >= 4 is 35.6 Å². The van der Waals surface area contributed by atoms with Crippen LogP contribution in [0.5, 0.6) is 5.75 Å². The van der Waals surface area contributed by atoms with Gasteiger partial charge >= 0.3 is 5.97 Å².